The molecule has 144 valence electrons. The Bertz CT molecular complexity index is 808. The minimum absolute atomic E-state index is 0. The number of imidazole rings is 1. The van der Waals surface area contributed by atoms with Crippen LogP contribution in [0.5, 0.6) is 0 Å². The second-order valence-corrected chi connectivity index (χ2v) is 8.64. The van der Waals surface area contributed by atoms with Crippen LogP contribution in [0, 0.1) is 0 Å². The molecular formula is C18H27ClN4O2S. The molecule has 0 amide bonds. The predicted octanol–water partition coefficient (Wildman–Crippen LogP) is 2.74. The second-order valence-electron chi connectivity index (χ2n) is 6.93. The van der Waals surface area contributed by atoms with Crippen molar-refractivity contribution >= 4 is 22.4 Å². The van der Waals surface area contributed by atoms with Crippen LogP contribution in [-0.4, -0.2) is 24.5 Å². The van der Waals surface area contributed by atoms with Crippen molar-refractivity contribution in [2.45, 2.75) is 56.6 Å². The first-order valence-corrected chi connectivity index (χ1v) is 10.3. The molecule has 3 rings (SSSR count). The smallest absolute Gasteiger partial charge is 0.259 e. The van der Waals surface area contributed by atoms with Gasteiger partial charge in [0, 0.05) is 31.7 Å². The Morgan fingerprint density at radius 3 is 2.46 bits per heavy atom. The molecule has 8 heteroatoms. The zero-order chi connectivity index (χ0) is 18.0. The van der Waals surface area contributed by atoms with E-state index in [1.54, 1.807) is 6.20 Å². The molecule has 2 heterocycles. The Balaban J connectivity index is 0.00000243. The third-order valence-electron chi connectivity index (χ3n) is 4.69. The van der Waals surface area contributed by atoms with E-state index in [4.69, 9.17) is 5.73 Å². The highest BCUT2D eigenvalue weighted by atomic mass is 35.5. The summed E-state index contributed by atoms with van der Waals surface area (Å²) in [6, 6.07) is 7.61. The fourth-order valence-electron chi connectivity index (χ4n) is 3.04. The van der Waals surface area contributed by atoms with Gasteiger partial charge in [0.25, 0.3) is 10.0 Å². The number of fused-ring (bicyclic) bond motifs is 1. The summed E-state index contributed by atoms with van der Waals surface area (Å²) in [6.07, 6.45) is 4.58. The molecule has 1 atom stereocenters. The van der Waals surface area contributed by atoms with Crippen LogP contribution in [0.3, 0.4) is 0 Å². The SMILES string of the molecule is CC(C)c1ccc(C(N)CNS(=O)(=O)c2cn3c(n2)CCCC3)cc1.Cl. The van der Waals surface area contributed by atoms with Crippen molar-refractivity contribution in [3.8, 4) is 0 Å². The molecule has 6 nitrogen and oxygen atoms in total. The molecule has 0 bridgehead atoms. The summed E-state index contributed by atoms with van der Waals surface area (Å²) >= 11 is 0. The van der Waals surface area contributed by atoms with Gasteiger partial charge in [-0.15, -0.1) is 12.4 Å². The van der Waals surface area contributed by atoms with Gasteiger partial charge in [-0.25, -0.2) is 18.1 Å². The van der Waals surface area contributed by atoms with Crippen LogP contribution in [0.1, 0.15) is 55.6 Å². The fourth-order valence-corrected chi connectivity index (χ4v) is 4.07. The minimum Gasteiger partial charge on any atom is -0.333 e. The summed E-state index contributed by atoms with van der Waals surface area (Å²) in [4.78, 5) is 4.28. The number of nitrogens with one attached hydrogen (secondary N) is 1. The van der Waals surface area contributed by atoms with Crippen LogP contribution >= 0.6 is 12.4 Å². The zero-order valence-corrected chi connectivity index (χ0v) is 16.8. The molecule has 1 unspecified atom stereocenters. The lowest BCUT2D eigenvalue weighted by atomic mass is 9.99. The molecule has 3 N–H and O–H groups in total. The van der Waals surface area contributed by atoms with Gasteiger partial charge in [0.1, 0.15) is 5.82 Å². The van der Waals surface area contributed by atoms with Crippen molar-refractivity contribution in [1.29, 1.82) is 0 Å². The maximum absolute atomic E-state index is 12.5. The van der Waals surface area contributed by atoms with Gasteiger partial charge in [-0.1, -0.05) is 38.1 Å². The highest BCUT2D eigenvalue weighted by Gasteiger charge is 2.22. The second kappa shape index (κ2) is 8.52. The van der Waals surface area contributed by atoms with Crippen molar-refractivity contribution in [2.75, 3.05) is 6.54 Å². The van der Waals surface area contributed by atoms with Crippen molar-refractivity contribution in [3.63, 3.8) is 0 Å². The van der Waals surface area contributed by atoms with Crippen LogP contribution in [-0.2, 0) is 23.0 Å². The van der Waals surface area contributed by atoms with Crippen LogP contribution in [0.4, 0.5) is 0 Å². The standard InChI is InChI=1S/C18H26N4O2S.ClH/c1-13(2)14-6-8-15(9-7-14)16(19)11-20-25(23,24)18-12-22-10-4-3-5-17(22)21-18;/h6-9,12-13,16,20H,3-5,10-11,19H2,1-2H3;1H. The average Bonchev–Trinajstić information content (AvgIpc) is 3.05. The van der Waals surface area contributed by atoms with E-state index < -0.39 is 16.1 Å². The van der Waals surface area contributed by atoms with E-state index in [-0.39, 0.29) is 24.0 Å². The van der Waals surface area contributed by atoms with Crippen molar-refractivity contribution < 1.29 is 8.42 Å². The monoisotopic (exact) mass is 398 g/mol. The molecule has 0 radical (unpaired) electrons. The third kappa shape index (κ3) is 4.65. The molecular weight excluding hydrogens is 372 g/mol. The van der Waals surface area contributed by atoms with Crippen LogP contribution < -0.4 is 10.5 Å². The largest absolute Gasteiger partial charge is 0.333 e. The molecule has 2 aromatic rings. The normalized spacial score (nSPS) is 15.4. The van der Waals surface area contributed by atoms with Crippen molar-refractivity contribution in [1.82, 2.24) is 14.3 Å². The van der Waals surface area contributed by atoms with Gasteiger partial charge in [0.2, 0.25) is 0 Å². The lowest BCUT2D eigenvalue weighted by molar-refractivity contribution is 0.522. The number of sulfonamides is 1. The first-order chi connectivity index (χ1) is 11.9. The highest BCUT2D eigenvalue weighted by Crippen LogP contribution is 2.19. The number of aryl methyl sites for hydroxylation is 2. The van der Waals surface area contributed by atoms with Gasteiger partial charge < -0.3 is 10.3 Å². The highest BCUT2D eigenvalue weighted by molar-refractivity contribution is 7.89. The number of aromatic nitrogens is 2. The quantitative estimate of drug-likeness (QED) is 0.782. The third-order valence-corrected chi connectivity index (χ3v) is 5.98. The van der Waals surface area contributed by atoms with E-state index in [9.17, 15) is 8.42 Å². The summed E-state index contributed by atoms with van der Waals surface area (Å²) in [5.41, 5.74) is 8.30. The lowest BCUT2D eigenvalue weighted by Crippen LogP contribution is -2.32. The Morgan fingerprint density at radius 2 is 1.85 bits per heavy atom. The number of hydrogen-bond donors (Lipinski definition) is 2. The molecule has 0 fully saturated rings. The molecule has 1 aromatic carbocycles. The van der Waals surface area contributed by atoms with Gasteiger partial charge in [-0.05, 0) is 29.9 Å². The molecule has 0 spiro atoms. The summed E-state index contributed by atoms with van der Waals surface area (Å²) in [5.74, 6) is 1.30. The number of nitrogens with two attached hydrogens (primary N) is 1. The molecule has 26 heavy (non-hydrogen) atoms. The van der Waals surface area contributed by atoms with Gasteiger partial charge in [0.15, 0.2) is 5.03 Å². The maximum Gasteiger partial charge on any atom is 0.259 e. The maximum atomic E-state index is 12.5. The van der Waals surface area contributed by atoms with Gasteiger partial charge >= 0.3 is 0 Å². The fraction of sp³-hybridized carbons (Fsp3) is 0.500. The number of halogens is 1. The van der Waals surface area contributed by atoms with Crippen LogP contribution in [0.2, 0.25) is 0 Å². The van der Waals surface area contributed by atoms with Gasteiger partial charge in [-0.2, -0.15) is 0 Å². The molecule has 0 saturated carbocycles. The summed E-state index contributed by atoms with van der Waals surface area (Å²) in [7, 11) is -3.64. The Hall–Kier alpha value is -1.41. The summed E-state index contributed by atoms with van der Waals surface area (Å²) in [6.45, 7) is 5.24. The Morgan fingerprint density at radius 1 is 1.19 bits per heavy atom. The Labute approximate surface area is 161 Å². The van der Waals surface area contributed by atoms with E-state index >= 15 is 0 Å². The van der Waals surface area contributed by atoms with Crippen LogP contribution in [0.15, 0.2) is 35.5 Å². The van der Waals surface area contributed by atoms with Gasteiger partial charge in [-0.3, -0.25) is 0 Å². The lowest BCUT2D eigenvalue weighted by Gasteiger charge is -2.14. The molecule has 1 aromatic heterocycles. The van der Waals surface area contributed by atoms with Crippen molar-refractivity contribution in [3.05, 3.63) is 47.4 Å². The summed E-state index contributed by atoms with van der Waals surface area (Å²) in [5, 5.41) is 0.0896. The molecule has 1 aliphatic heterocycles. The number of benzene rings is 1. The van der Waals surface area contributed by atoms with Gasteiger partial charge in [0.05, 0.1) is 0 Å². The van der Waals surface area contributed by atoms with E-state index in [1.807, 2.05) is 28.8 Å². The average molecular weight is 399 g/mol. The zero-order valence-electron chi connectivity index (χ0n) is 15.2. The van der Waals surface area contributed by atoms with Crippen LogP contribution in [0.25, 0.3) is 0 Å². The van der Waals surface area contributed by atoms with E-state index in [0.29, 0.717) is 5.92 Å². The predicted molar refractivity (Wildman–Crippen MR) is 105 cm³/mol. The first-order valence-electron chi connectivity index (χ1n) is 8.78. The van der Waals surface area contributed by atoms with E-state index in [2.05, 4.69) is 23.6 Å². The van der Waals surface area contributed by atoms with E-state index in [0.717, 1.165) is 37.2 Å². The summed E-state index contributed by atoms with van der Waals surface area (Å²) < 4.78 is 29.5. The topological polar surface area (TPSA) is 90.0 Å². The Kier molecular flexibility index (Phi) is 6.85. The molecule has 0 saturated heterocycles. The minimum atomic E-state index is -3.64. The first kappa shape index (κ1) is 20.9. The number of nitrogens with zero attached hydrogens (tertiary/aromatic N) is 2. The molecule has 1 aliphatic rings. The number of hydrogen-bond acceptors (Lipinski definition) is 4. The molecule has 0 aliphatic carbocycles. The van der Waals surface area contributed by atoms with Crippen molar-refractivity contribution in [2.24, 2.45) is 5.73 Å². The number of rotatable bonds is 6. The van der Waals surface area contributed by atoms with E-state index in [1.165, 1.54) is 5.56 Å².